The van der Waals surface area contributed by atoms with Crippen molar-refractivity contribution in [2.45, 2.75) is 39.3 Å². The quantitative estimate of drug-likeness (QED) is 0.744. The standard InChI is InChI=1S/C18H21N3O4/c1-3-4-8-14(18(24)25)20-15(22)9-10-21-11-19-16-12(2)6-5-7-13(16)17(21)23/h3-7,11,14H,8-10H2,1-2H3,(H,20,22)(H,24,25)/b4-3+. The van der Waals surface area contributed by atoms with E-state index >= 15 is 0 Å². The lowest BCUT2D eigenvalue weighted by Gasteiger charge is -2.13. The van der Waals surface area contributed by atoms with E-state index in [2.05, 4.69) is 10.3 Å². The number of aliphatic carboxylic acids is 1. The van der Waals surface area contributed by atoms with E-state index in [4.69, 9.17) is 5.11 Å². The predicted octanol–water partition coefficient (Wildman–Crippen LogP) is 1.63. The summed E-state index contributed by atoms with van der Waals surface area (Å²) in [4.78, 5) is 39.9. The number of amides is 1. The Morgan fingerprint density at radius 1 is 1.40 bits per heavy atom. The molecule has 2 rings (SSSR count). The zero-order valence-corrected chi connectivity index (χ0v) is 14.2. The maximum Gasteiger partial charge on any atom is 0.326 e. The second kappa shape index (κ2) is 8.23. The highest BCUT2D eigenvalue weighted by Crippen LogP contribution is 2.11. The molecule has 0 spiro atoms. The van der Waals surface area contributed by atoms with Crippen LogP contribution in [0.25, 0.3) is 10.9 Å². The number of hydrogen-bond acceptors (Lipinski definition) is 4. The van der Waals surface area contributed by atoms with Crippen LogP contribution in [0.1, 0.15) is 25.3 Å². The molecule has 2 aromatic rings. The summed E-state index contributed by atoms with van der Waals surface area (Å²) in [5.74, 6) is -1.51. The summed E-state index contributed by atoms with van der Waals surface area (Å²) in [6.07, 6.45) is 5.04. The van der Waals surface area contributed by atoms with Gasteiger partial charge >= 0.3 is 5.97 Å². The minimum atomic E-state index is -1.09. The normalized spacial score (nSPS) is 12.4. The first-order chi connectivity index (χ1) is 11.9. The van der Waals surface area contributed by atoms with Crippen molar-refractivity contribution < 1.29 is 14.7 Å². The zero-order chi connectivity index (χ0) is 18.4. The van der Waals surface area contributed by atoms with Crippen LogP contribution >= 0.6 is 0 Å². The molecule has 2 N–H and O–H groups in total. The molecule has 0 bridgehead atoms. The van der Waals surface area contributed by atoms with Gasteiger partial charge in [-0.25, -0.2) is 9.78 Å². The SMILES string of the molecule is C/C=C/CC(NC(=O)CCn1cnc2c(C)cccc2c1=O)C(=O)O. The number of carboxylic acid groups (broad SMARTS) is 1. The van der Waals surface area contributed by atoms with E-state index in [0.717, 1.165) is 5.56 Å². The average Bonchev–Trinajstić information content (AvgIpc) is 2.58. The van der Waals surface area contributed by atoms with E-state index < -0.39 is 17.9 Å². The van der Waals surface area contributed by atoms with Crippen LogP contribution in [0.15, 0.2) is 41.5 Å². The Labute approximate surface area is 145 Å². The van der Waals surface area contributed by atoms with Crippen molar-refractivity contribution in [1.29, 1.82) is 0 Å². The highest BCUT2D eigenvalue weighted by molar-refractivity contribution is 5.83. The lowest BCUT2D eigenvalue weighted by molar-refractivity contribution is -0.141. The van der Waals surface area contributed by atoms with E-state index in [9.17, 15) is 14.4 Å². The van der Waals surface area contributed by atoms with Crippen LogP contribution < -0.4 is 10.9 Å². The molecule has 132 valence electrons. The number of carbonyl (C=O) groups excluding carboxylic acids is 1. The topological polar surface area (TPSA) is 101 Å². The van der Waals surface area contributed by atoms with Gasteiger partial charge in [-0.3, -0.25) is 14.2 Å². The molecule has 0 aliphatic carbocycles. The number of aryl methyl sites for hydroxylation is 2. The monoisotopic (exact) mass is 343 g/mol. The lowest BCUT2D eigenvalue weighted by atomic mass is 10.1. The maximum absolute atomic E-state index is 12.5. The summed E-state index contributed by atoms with van der Waals surface area (Å²) in [5, 5.41) is 12.1. The molecule has 1 aromatic heterocycles. The number of fused-ring (bicyclic) bond motifs is 1. The predicted molar refractivity (Wildman–Crippen MR) is 94.4 cm³/mol. The average molecular weight is 343 g/mol. The van der Waals surface area contributed by atoms with Crippen molar-refractivity contribution in [1.82, 2.24) is 14.9 Å². The second-order valence-corrected chi connectivity index (χ2v) is 5.73. The van der Waals surface area contributed by atoms with Crippen LogP contribution in [0.4, 0.5) is 0 Å². The Hall–Kier alpha value is -2.96. The Bertz CT molecular complexity index is 870. The van der Waals surface area contributed by atoms with Gasteiger partial charge in [0.2, 0.25) is 5.91 Å². The van der Waals surface area contributed by atoms with Gasteiger partial charge in [0, 0.05) is 13.0 Å². The summed E-state index contributed by atoms with van der Waals surface area (Å²) in [7, 11) is 0. The Morgan fingerprint density at radius 2 is 2.16 bits per heavy atom. The van der Waals surface area contributed by atoms with E-state index in [0.29, 0.717) is 10.9 Å². The molecule has 1 amide bonds. The number of benzene rings is 1. The Morgan fingerprint density at radius 3 is 2.84 bits per heavy atom. The van der Waals surface area contributed by atoms with Crippen LogP contribution in [0.2, 0.25) is 0 Å². The summed E-state index contributed by atoms with van der Waals surface area (Å²) in [6, 6.07) is 4.39. The fourth-order valence-corrected chi connectivity index (χ4v) is 2.48. The molecule has 25 heavy (non-hydrogen) atoms. The van der Waals surface area contributed by atoms with Crippen molar-refractivity contribution in [3.8, 4) is 0 Å². The molecule has 1 atom stereocenters. The van der Waals surface area contributed by atoms with Crippen LogP contribution in [0.3, 0.4) is 0 Å². The van der Waals surface area contributed by atoms with Gasteiger partial charge in [-0.1, -0.05) is 24.3 Å². The maximum atomic E-state index is 12.5. The number of carbonyl (C=O) groups is 2. The van der Waals surface area contributed by atoms with Crippen molar-refractivity contribution in [3.63, 3.8) is 0 Å². The third-order valence-corrected chi connectivity index (χ3v) is 3.88. The molecule has 0 aliphatic rings. The summed E-state index contributed by atoms with van der Waals surface area (Å²) < 4.78 is 1.36. The molecule has 1 heterocycles. The number of allylic oxidation sites excluding steroid dienone is 1. The number of aromatic nitrogens is 2. The van der Waals surface area contributed by atoms with Crippen molar-refractivity contribution in [2.24, 2.45) is 0 Å². The van der Waals surface area contributed by atoms with E-state index in [1.54, 1.807) is 31.2 Å². The number of nitrogens with one attached hydrogen (secondary N) is 1. The van der Waals surface area contributed by atoms with Crippen LogP contribution in [0, 0.1) is 6.92 Å². The van der Waals surface area contributed by atoms with Gasteiger partial charge in [0.15, 0.2) is 0 Å². The molecule has 1 unspecified atom stereocenters. The summed E-state index contributed by atoms with van der Waals surface area (Å²) in [6.45, 7) is 3.79. The largest absolute Gasteiger partial charge is 0.480 e. The van der Waals surface area contributed by atoms with Crippen molar-refractivity contribution in [2.75, 3.05) is 0 Å². The van der Waals surface area contributed by atoms with E-state index in [1.165, 1.54) is 10.9 Å². The Kier molecular flexibility index (Phi) is 6.05. The molecule has 0 saturated carbocycles. The second-order valence-electron chi connectivity index (χ2n) is 5.73. The van der Waals surface area contributed by atoms with Gasteiger partial charge < -0.3 is 10.4 Å². The van der Waals surface area contributed by atoms with Crippen molar-refractivity contribution in [3.05, 3.63) is 52.6 Å². The minimum Gasteiger partial charge on any atom is -0.480 e. The molecule has 0 aliphatic heterocycles. The molecule has 0 saturated heterocycles. The smallest absolute Gasteiger partial charge is 0.326 e. The number of nitrogens with zero attached hydrogens (tertiary/aromatic N) is 2. The van der Waals surface area contributed by atoms with Crippen LogP contribution in [-0.2, 0) is 16.1 Å². The van der Waals surface area contributed by atoms with Gasteiger partial charge in [0.1, 0.15) is 6.04 Å². The summed E-state index contributed by atoms with van der Waals surface area (Å²) >= 11 is 0. The van der Waals surface area contributed by atoms with E-state index in [1.807, 2.05) is 13.0 Å². The first-order valence-electron chi connectivity index (χ1n) is 8.02. The number of para-hydroxylation sites is 1. The van der Waals surface area contributed by atoms with Gasteiger partial charge in [0.25, 0.3) is 5.56 Å². The first-order valence-corrected chi connectivity index (χ1v) is 8.02. The van der Waals surface area contributed by atoms with E-state index in [-0.39, 0.29) is 24.9 Å². The molecule has 0 radical (unpaired) electrons. The van der Waals surface area contributed by atoms with Gasteiger partial charge in [-0.2, -0.15) is 0 Å². The Balaban J connectivity index is 2.07. The van der Waals surface area contributed by atoms with Crippen LogP contribution in [-0.4, -0.2) is 32.6 Å². The number of carboxylic acids is 1. The number of hydrogen-bond donors (Lipinski definition) is 2. The highest BCUT2D eigenvalue weighted by atomic mass is 16.4. The minimum absolute atomic E-state index is 0.00146. The summed E-state index contributed by atoms with van der Waals surface area (Å²) in [5.41, 5.74) is 1.34. The molecule has 1 aromatic carbocycles. The van der Waals surface area contributed by atoms with Gasteiger partial charge in [0.05, 0.1) is 17.2 Å². The van der Waals surface area contributed by atoms with Gasteiger partial charge in [-0.05, 0) is 31.9 Å². The fourth-order valence-electron chi connectivity index (χ4n) is 2.48. The molecular formula is C18H21N3O4. The first kappa shape index (κ1) is 18.4. The lowest BCUT2D eigenvalue weighted by Crippen LogP contribution is -2.41. The molecule has 7 nitrogen and oxygen atoms in total. The molecule has 0 fully saturated rings. The third-order valence-electron chi connectivity index (χ3n) is 3.88. The zero-order valence-electron chi connectivity index (χ0n) is 14.2. The van der Waals surface area contributed by atoms with Crippen LogP contribution in [0.5, 0.6) is 0 Å². The van der Waals surface area contributed by atoms with Gasteiger partial charge in [-0.15, -0.1) is 0 Å². The third kappa shape index (κ3) is 4.53. The fraction of sp³-hybridized carbons (Fsp3) is 0.333. The molecular weight excluding hydrogens is 322 g/mol. The molecule has 7 heteroatoms. The number of rotatable bonds is 7. The highest BCUT2D eigenvalue weighted by Gasteiger charge is 2.18. The van der Waals surface area contributed by atoms with Crippen molar-refractivity contribution >= 4 is 22.8 Å².